The van der Waals surface area contributed by atoms with Gasteiger partial charge in [-0.2, -0.15) is 13.2 Å². The second kappa shape index (κ2) is 11.1. The molecule has 5 aliphatic rings. The highest BCUT2D eigenvalue weighted by molar-refractivity contribution is 6.74. The molecule has 7 rings (SSSR count). The van der Waals surface area contributed by atoms with Crippen LogP contribution in [-0.2, 0) is 36.8 Å². The van der Waals surface area contributed by atoms with E-state index in [9.17, 15) is 13.2 Å². The van der Waals surface area contributed by atoms with Crippen molar-refractivity contribution in [3.8, 4) is 0 Å². The third-order valence-electron chi connectivity index (χ3n) is 11.9. The number of nitrogens with zero attached hydrogens (tertiary/aromatic N) is 2. The standard InChI is InChI=1S/C35H47F3N2O4Si/c1-32(2,3)45(4,5)44-25-20-33(11-6-12-33)19-24-27(25)29-28(30(40-24)22-9-15-41-16-10-22)31(43-34(29)13-17-42-18-14-34)23-7-8-26(39-21-23)35(36,37)38/h7-8,21-22,25,31H,6,9-20H2,1-5H3/t25?,31-/m1/s1. The van der Waals surface area contributed by atoms with E-state index >= 15 is 0 Å². The lowest BCUT2D eigenvalue weighted by atomic mass is 9.58. The van der Waals surface area contributed by atoms with E-state index in [1.165, 1.54) is 36.6 Å². The molecule has 3 fully saturated rings. The van der Waals surface area contributed by atoms with Crippen LogP contribution in [0.25, 0.3) is 0 Å². The van der Waals surface area contributed by atoms with E-state index in [2.05, 4.69) is 38.8 Å². The summed E-state index contributed by atoms with van der Waals surface area (Å²) in [5.41, 5.74) is 4.97. The highest BCUT2D eigenvalue weighted by Gasteiger charge is 2.55. The molecule has 1 unspecified atom stereocenters. The molecule has 1 saturated carbocycles. The van der Waals surface area contributed by atoms with Gasteiger partial charge in [-0.3, -0.25) is 9.97 Å². The minimum Gasteiger partial charge on any atom is -0.410 e. The average molecular weight is 645 g/mol. The first-order chi connectivity index (χ1) is 21.2. The number of ether oxygens (including phenoxy) is 3. The summed E-state index contributed by atoms with van der Waals surface area (Å²) >= 11 is 0. The Morgan fingerprint density at radius 1 is 0.933 bits per heavy atom. The lowest BCUT2D eigenvalue weighted by molar-refractivity contribution is -0.141. The van der Waals surface area contributed by atoms with Gasteiger partial charge in [0.25, 0.3) is 0 Å². The summed E-state index contributed by atoms with van der Waals surface area (Å²) in [6.45, 7) is 14.0. The molecule has 2 atom stereocenters. The van der Waals surface area contributed by atoms with Crippen LogP contribution >= 0.6 is 0 Å². The number of hydrogen-bond acceptors (Lipinski definition) is 6. The molecule has 2 spiro atoms. The van der Waals surface area contributed by atoms with Gasteiger partial charge >= 0.3 is 6.18 Å². The molecule has 0 amide bonds. The third-order valence-corrected chi connectivity index (χ3v) is 16.4. The molecule has 2 aromatic heterocycles. The van der Waals surface area contributed by atoms with Gasteiger partial charge in [0.05, 0.1) is 17.4 Å². The number of alkyl halides is 3. The number of halogens is 3. The molecule has 0 aromatic carbocycles. The highest BCUT2D eigenvalue weighted by Crippen LogP contribution is 2.62. The van der Waals surface area contributed by atoms with E-state index in [4.69, 9.17) is 23.6 Å². The third kappa shape index (κ3) is 5.50. The van der Waals surface area contributed by atoms with Gasteiger partial charge in [0.15, 0.2) is 8.32 Å². The number of hydrogen-bond donors (Lipinski definition) is 0. The Labute approximate surface area is 265 Å². The highest BCUT2D eigenvalue weighted by atomic mass is 28.4. The van der Waals surface area contributed by atoms with Crippen LogP contribution in [0.5, 0.6) is 0 Å². The van der Waals surface area contributed by atoms with E-state index in [0.717, 1.165) is 48.7 Å². The van der Waals surface area contributed by atoms with E-state index in [0.29, 0.717) is 44.8 Å². The molecular weight excluding hydrogens is 597 g/mol. The van der Waals surface area contributed by atoms with Crippen LogP contribution < -0.4 is 0 Å². The zero-order chi connectivity index (χ0) is 31.8. The molecular formula is C35H47F3N2O4Si. The molecule has 5 heterocycles. The van der Waals surface area contributed by atoms with Crippen molar-refractivity contribution in [3.63, 3.8) is 0 Å². The lowest BCUT2D eigenvalue weighted by Crippen LogP contribution is -2.47. The zero-order valence-corrected chi connectivity index (χ0v) is 28.3. The van der Waals surface area contributed by atoms with Crippen molar-refractivity contribution in [2.24, 2.45) is 5.41 Å². The SMILES string of the molecule is CC(C)(C)[Si](C)(C)OC1CC2(CCC2)Cc2nc(C3CCOCC3)c3c(c21)C1(CCOCC1)O[C@@H]3c1ccc(C(F)(F)F)nc1. The molecule has 2 aromatic rings. The lowest BCUT2D eigenvalue weighted by Gasteiger charge is -2.51. The summed E-state index contributed by atoms with van der Waals surface area (Å²) in [4.78, 5) is 9.48. The second-order valence-corrected chi connectivity index (χ2v) is 20.5. The second-order valence-electron chi connectivity index (χ2n) is 15.7. The van der Waals surface area contributed by atoms with Crippen molar-refractivity contribution in [1.82, 2.24) is 9.97 Å². The summed E-state index contributed by atoms with van der Waals surface area (Å²) in [6.07, 6.45) is 4.87. The Bertz CT molecular complexity index is 1420. The normalized spacial score (nSPS) is 26.5. The molecule has 3 aliphatic heterocycles. The van der Waals surface area contributed by atoms with Crippen molar-refractivity contribution in [3.05, 3.63) is 57.7 Å². The van der Waals surface area contributed by atoms with Gasteiger partial charge in [0, 0.05) is 73.8 Å². The Balaban J connectivity index is 1.46. The summed E-state index contributed by atoms with van der Waals surface area (Å²) in [5, 5.41) is 0.0390. The largest absolute Gasteiger partial charge is 0.433 e. The van der Waals surface area contributed by atoms with E-state index in [1.54, 1.807) is 6.07 Å². The van der Waals surface area contributed by atoms with Crippen LogP contribution in [0.1, 0.15) is 130 Å². The Hall–Kier alpha value is -1.85. The first-order valence-corrected chi connectivity index (χ1v) is 19.7. The van der Waals surface area contributed by atoms with Crippen molar-refractivity contribution in [2.75, 3.05) is 26.4 Å². The maximum Gasteiger partial charge on any atom is 0.433 e. The van der Waals surface area contributed by atoms with Gasteiger partial charge in [0.2, 0.25) is 0 Å². The fourth-order valence-electron chi connectivity index (χ4n) is 8.19. The smallest absolute Gasteiger partial charge is 0.410 e. The van der Waals surface area contributed by atoms with Gasteiger partial charge in [-0.25, -0.2) is 0 Å². The predicted molar refractivity (Wildman–Crippen MR) is 167 cm³/mol. The first-order valence-electron chi connectivity index (χ1n) is 16.8. The number of aromatic nitrogens is 2. The van der Waals surface area contributed by atoms with Gasteiger partial charge in [-0.1, -0.05) is 33.3 Å². The fraction of sp³-hybridized carbons (Fsp3) is 0.714. The molecule has 2 aliphatic carbocycles. The molecule has 0 N–H and O–H groups in total. The number of pyridine rings is 2. The summed E-state index contributed by atoms with van der Waals surface area (Å²) in [5.74, 6) is 0.195. The van der Waals surface area contributed by atoms with Crippen molar-refractivity contribution in [1.29, 1.82) is 0 Å². The molecule has 0 bridgehead atoms. The summed E-state index contributed by atoms with van der Waals surface area (Å²) < 4.78 is 66.9. The first kappa shape index (κ1) is 31.7. The van der Waals surface area contributed by atoms with Crippen LogP contribution in [0.15, 0.2) is 18.3 Å². The Kier molecular flexibility index (Phi) is 7.83. The molecule has 246 valence electrons. The Morgan fingerprint density at radius 3 is 2.20 bits per heavy atom. The van der Waals surface area contributed by atoms with Crippen molar-refractivity contribution in [2.45, 2.75) is 127 Å². The Morgan fingerprint density at radius 2 is 1.62 bits per heavy atom. The van der Waals surface area contributed by atoms with Gasteiger partial charge in [-0.05, 0) is 73.7 Å². The molecule has 10 heteroatoms. The fourth-order valence-corrected chi connectivity index (χ4v) is 9.46. The molecule has 2 saturated heterocycles. The predicted octanol–water partition coefficient (Wildman–Crippen LogP) is 8.69. The summed E-state index contributed by atoms with van der Waals surface area (Å²) in [6, 6.07) is 2.62. The molecule has 45 heavy (non-hydrogen) atoms. The maximum atomic E-state index is 13.5. The zero-order valence-electron chi connectivity index (χ0n) is 27.3. The van der Waals surface area contributed by atoms with E-state index in [1.807, 2.05) is 0 Å². The van der Waals surface area contributed by atoms with Crippen LogP contribution in [-0.4, -0.2) is 44.7 Å². The maximum absolute atomic E-state index is 13.5. The summed E-state index contributed by atoms with van der Waals surface area (Å²) in [7, 11) is -2.18. The topological polar surface area (TPSA) is 62.7 Å². The van der Waals surface area contributed by atoms with Crippen LogP contribution in [0.3, 0.4) is 0 Å². The van der Waals surface area contributed by atoms with E-state index in [-0.39, 0.29) is 22.5 Å². The van der Waals surface area contributed by atoms with Gasteiger partial charge < -0.3 is 18.6 Å². The quantitative estimate of drug-likeness (QED) is 0.311. The van der Waals surface area contributed by atoms with Crippen molar-refractivity contribution < 1.29 is 31.8 Å². The monoisotopic (exact) mass is 644 g/mol. The van der Waals surface area contributed by atoms with Crippen LogP contribution in [0.4, 0.5) is 13.2 Å². The van der Waals surface area contributed by atoms with E-state index < -0.39 is 31.9 Å². The number of fused-ring (bicyclic) bond motifs is 4. The molecule has 6 nitrogen and oxygen atoms in total. The minimum absolute atomic E-state index is 0.0390. The van der Waals surface area contributed by atoms with Gasteiger partial charge in [-0.15, -0.1) is 0 Å². The van der Waals surface area contributed by atoms with Gasteiger partial charge in [0.1, 0.15) is 11.8 Å². The molecule has 0 radical (unpaired) electrons. The van der Waals surface area contributed by atoms with Crippen LogP contribution in [0, 0.1) is 5.41 Å². The van der Waals surface area contributed by atoms with Crippen LogP contribution in [0.2, 0.25) is 18.1 Å². The minimum atomic E-state index is -4.51. The average Bonchev–Trinajstić information content (AvgIpc) is 3.29. The number of rotatable bonds is 4. The van der Waals surface area contributed by atoms with Crippen molar-refractivity contribution >= 4 is 8.32 Å².